The standard InChI is InChI=1S/C34H42N6O4/c1-36(2)29-10-9-27(25-6-4-5-7-26(25)29)30-19-24-21-38(20-23-8-11-31(43-3)28(35)18-23)22-34(24)32(41)39(33(42)40(30)34)13-12-37-14-16-44-17-15-37/h4-11,18,24,30H,12-17,19-22,35H2,1-3H3. The Hall–Kier alpha value is -3.86. The van der Waals surface area contributed by atoms with Crippen LogP contribution in [0.4, 0.5) is 16.2 Å². The van der Waals surface area contributed by atoms with Crippen molar-refractivity contribution in [3.63, 3.8) is 0 Å². The van der Waals surface area contributed by atoms with Crippen LogP contribution in [0.15, 0.2) is 54.6 Å². The number of methoxy groups -OCH3 is 1. The molecule has 3 aromatic carbocycles. The van der Waals surface area contributed by atoms with Crippen LogP contribution in [0.5, 0.6) is 5.75 Å². The van der Waals surface area contributed by atoms with E-state index in [1.165, 1.54) is 0 Å². The summed E-state index contributed by atoms with van der Waals surface area (Å²) in [6.07, 6.45) is 0.751. The van der Waals surface area contributed by atoms with Crippen LogP contribution in [0.25, 0.3) is 10.8 Å². The summed E-state index contributed by atoms with van der Waals surface area (Å²) in [4.78, 5) is 39.2. The van der Waals surface area contributed by atoms with Crippen LogP contribution in [0, 0.1) is 5.92 Å². The number of anilines is 2. The van der Waals surface area contributed by atoms with E-state index in [0.29, 0.717) is 50.8 Å². The number of benzene rings is 3. The molecule has 10 nitrogen and oxygen atoms in total. The molecule has 10 heteroatoms. The maximum atomic E-state index is 14.5. The average Bonchev–Trinajstić information content (AvgIpc) is 3.60. The molecule has 7 rings (SSSR count). The van der Waals surface area contributed by atoms with Gasteiger partial charge in [-0.25, -0.2) is 4.79 Å². The number of rotatable bonds is 8. The van der Waals surface area contributed by atoms with Crippen LogP contribution in [0.1, 0.15) is 23.6 Å². The molecular formula is C34H42N6O4. The van der Waals surface area contributed by atoms with Gasteiger partial charge in [-0.1, -0.05) is 36.4 Å². The van der Waals surface area contributed by atoms with Gasteiger partial charge in [0.05, 0.1) is 32.1 Å². The highest BCUT2D eigenvalue weighted by Gasteiger charge is 2.70. The number of carbonyl (C=O) groups is 2. The number of urea groups is 1. The Bertz CT molecular complexity index is 1590. The van der Waals surface area contributed by atoms with Gasteiger partial charge in [-0.05, 0) is 41.1 Å². The van der Waals surface area contributed by atoms with Crippen LogP contribution in [0.3, 0.4) is 0 Å². The normalized spacial score (nSPS) is 25.6. The second-order valence-corrected chi connectivity index (χ2v) is 12.8. The first-order chi connectivity index (χ1) is 21.3. The third-order valence-electron chi connectivity index (χ3n) is 10.1. The van der Waals surface area contributed by atoms with Crippen LogP contribution in [-0.2, 0) is 16.1 Å². The van der Waals surface area contributed by atoms with Crippen LogP contribution >= 0.6 is 0 Å². The van der Waals surface area contributed by atoms with E-state index in [2.05, 4.69) is 65.2 Å². The summed E-state index contributed by atoms with van der Waals surface area (Å²) in [7, 11) is 5.72. The molecule has 0 aromatic heterocycles. The molecule has 3 unspecified atom stereocenters. The van der Waals surface area contributed by atoms with E-state index >= 15 is 0 Å². The molecule has 4 saturated heterocycles. The van der Waals surface area contributed by atoms with Gasteiger partial charge < -0.3 is 25.0 Å². The van der Waals surface area contributed by atoms with Gasteiger partial charge >= 0.3 is 6.03 Å². The number of nitrogens with two attached hydrogens (primary N) is 1. The van der Waals surface area contributed by atoms with Crippen molar-refractivity contribution in [2.75, 3.05) is 84.3 Å². The van der Waals surface area contributed by atoms with E-state index in [4.69, 9.17) is 15.2 Å². The number of nitrogen functional groups attached to an aromatic ring is 1. The van der Waals surface area contributed by atoms with Gasteiger partial charge in [-0.15, -0.1) is 0 Å². The Labute approximate surface area is 258 Å². The Balaban J connectivity index is 1.23. The molecule has 0 radical (unpaired) electrons. The number of hydrogen-bond acceptors (Lipinski definition) is 8. The number of nitrogens with zero attached hydrogens (tertiary/aromatic N) is 5. The minimum atomic E-state index is -0.883. The lowest BCUT2D eigenvalue weighted by molar-refractivity contribution is -0.133. The van der Waals surface area contributed by atoms with Gasteiger partial charge in [0, 0.05) is 76.9 Å². The molecule has 0 saturated carbocycles. The van der Waals surface area contributed by atoms with Gasteiger partial charge in [-0.3, -0.25) is 19.5 Å². The number of carbonyl (C=O) groups excluding carboxylic acids is 2. The second kappa shape index (κ2) is 11.3. The Kier molecular flexibility index (Phi) is 7.39. The number of imide groups is 1. The van der Waals surface area contributed by atoms with Gasteiger partial charge in [0.15, 0.2) is 0 Å². The van der Waals surface area contributed by atoms with Gasteiger partial charge in [-0.2, -0.15) is 0 Å². The first-order valence-electron chi connectivity index (χ1n) is 15.6. The number of morpholine rings is 1. The molecule has 4 fully saturated rings. The molecular weight excluding hydrogens is 556 g/mol. The number of hydrogen-bond donors (Lipinski definition) is 1. The molecule has 4 heterocycles. The fourth-order valence-electron chi connectivity index (χ4n) is 8.07. The monoisotopic (exact) mass is 598 g/mol. The van der Waals surface area contributed by atoms with E-state index in [0.717, 1.165) is 53.6 Å². The van der Waals surface area contributed by atoms with Crippen LogP contribution < -0.4 is 15.4 Å². The number of fused-ring (bicyclic) bond motifs is 1. The van der Waals surface area contributed by atoms with E-state index in [9.17, 15) is 9.59 Å². The topological polar surface area (TPSA) is 94.8 Å². The first kappa shape index (κ1) is 28.9. The largest absolute Gasteiger partial charge is 0.495 e. The zero-order valence-corrected chi connectivity index (χ0v) is 25.9. The lowest BCUT2D eigenvalue weighted by Gasteiger charge is -2.32. The smallest absolute Gasteiger partial charge is 0.328 e. The molecule has 44 heavy (non-hydrogen) atoms. The predicted octanol–water partition coefficient (Wildman–Crippen LogP) is 3.41. The molecule has 3 amide bonds. The Morgan fingerprint density at radius 3 is 2.50 bits per heavy atom. The number of ether oxygens (including phenoxy) is 2. The van der Waals surface area contributed by atoms with Crippen molar-refractivity contribution < 1.29 is 19.1 Å². The highest BCUT2D eigenvalue weighted by Crippen LogP contribution is 2.56. The highest BCUT2D eigenvalue weighted by molar-refractivity contribution is 6.09. The van der Waals surface area contributed by atoms with E-state index < -0.39 is 5.54 Å². The number of likely N-dealkylation sites (tertiary alicyclic amines) is 1. The Morgan fingerprint density at radius 1 is 1.00 bits per heavy atom. The quantitative estimate of drug-likeness (QED) is 0.312. The van der Waals surface area contributed by atoms with Gasteiger partial charge in [0.1, 0.15) is 11.3 Å². The first-order valence-corrected chi connectivity index (χ1v) is 15.6. The molecule has 3 aromatic rings. The van der Waals surface area contributed by atoms with Crippen molar-refractivity contribution in [1.29, 1.82) is 0 Å². The summed E-state index contributed by atoms with van der Waals surface area (Å²) in [6, 6.07) is 18.3. The Morgan fingerprint density at radius 2 is 1.77 bits per heavy atom. The highest BCUT2D eigenvalue weighted by atomic mass is 16.5. The summed E-state index contributed by atoms with van der Waals surface area (Å²) in [6.45, 7) is 5.96. The fraction of sp³-hybridized carbons (Fsp3) is 0.471. The zero-order chi connectivity index (χ0) is 30.6. The molecule has 3 atom stereocenters. The van der Waals surface area contributed by atoms with Crippen LogP contribution in [0.2, 0.25) is 0 Å². The molecule has 2 N–H and O–H groups in total. The molecule has 232 valence electrons. The van der Waals surface area contributed by atoms with Crippen molar-refractivity contribution in [2.24, 2.45) is 5.92 Å². The number of amides is 3. The molecule has 0 bridgehead atoms. The minimum Gasteiger partial charge on any atom is -0.495 e. The molecule has 4 aliphatic rings. The van der Waals surface area contributed by atoms with E-state index in [1.807, 2.05) is 23.1 Å². The molecule has 0 aliphatic carbocycles. The summed E-state index contributed by atoms with van der Waals surface area (Å²) in [5.41, 5.74) is 9.25. The van der Waals surface area contributed by atoms with Crippen molar-refractivity contribution in [3.8, 4) is 5.75 Å². The van der Waals surface area contributed by atoms with Crippen molar-refractivity contribution >= 4 is 34.1 Å². The fourth-order valence-corrected chi connectivity index (χ4v) is 8.07. The average molecular weight is 599 g/mol. The zero-order valence-electron chi connectivity index (χ0n) is 25.9. The predicted molar refractivity (Wildman–Crippen MR) is 171 cm³/mol. The maximum absolute atomic E-state index is 14.5. The summed E-state index contributed by atoms with van der Waals surface area (Å²) >= 11 is 0. The van der Waals surface area contributed by atoms with Crippen LogP contribution in [-0.4, -0.2) is 111 Å². The van der Waals surface area contributed by atoms with E-state index in [-0.39, 0.29) is 23.9 Å². The van der Waals surface area contributed by atoms with Gasteiger partial charge in [0.2, 0.25) is 0 Å². The minimum absolute atomic E-state index is 0.0280. The van der Waals surface area contributed by atoms with Crippen molar-refractivity contribution in [3.05, 3.63) is 65.7 Å². The molecule has 4 aliphatic heterocycles. The second-order valence-electron chi connectivity index (χ2n) is 12.8. The van der Waals surface area contributed by atoms with Crippen molar-refractivity contribution in [1.82, 2.24) is 19.6 Å². The maximum Gasteiger partial charge on any atom is 0.328 e. The third-order valence-corrected chi connectivity index (χ3v) is 10.1. The third kappa shape index (κ3) is 4.58. The summed E-state index contributed by atoms with van der Waals surface area (Å²) in [5, 5.41) is 2.29. The summed E-state index contributed by atoms with van der Waals surface area (Å²) < 4.78 is 10.9. The van der Waals surface area contributed by atoms with Crippen molar-refractivity contribution in [2.45, 2.75) is 24.5 Å². The lowest BCUT2D eigenvalue weighted by Crippen LogP contribution is -2.51. The van der Waals surface area contributed by atoms with E-state index in [1.54, 1.807) is 12.0 Å². The molecule has 1 spiro atoms. The summed E-state index contributed by atoms with van der Waals surface area (Å²) in [5.74, 6) is 0.633. The van der Waals surface area contributed by atoms with Gasteiger partial charge in [0.25, 0.3) is 5.91 Å². The lowest BCUT2D eigenvalue weighted by atomic mass is 9.87. The SMILES string of the molecule is COc1ccc(CN2CC3CC(c4ccc(N(C)C)c5ccccc45)N4C(=O)N(CCN5CCOCC5)C(=O)C34C2)cc1N.